The highest BCUT2D eigenvalue weighted by molar-refractivity contribution is 5.76. The summed E-state index contributed by atoms with van der Waals surface area (Å²) < 4.78 is 13.1. The fourth-order valence-electron chi connectivity index (χ4n) is 3.54. The van der Waals surface area contributed by atoms with Crippen molar-refractivity contribution in [3.63, 3.8) is 0 Å². The Hall–Kier alpha value is -1.78. The predicted molar refractivity (Wildman–Crippen MR) is 82.0 cm³/mol. The molecule has 2 aliphatic heterocycles. The Bertz CT molecular complexity index is 671. The maximum Gasteiger partial charge on any atom is 0.303 e. The number of aldehydes is 1. The summed E-state index contributed by atoms with van der Waals surface area (Å²) in [4.78, 5) is 22.3. The van der Waals surface area contributed by atoms with Crippen molar-refractivity contribution in [3.8, 4) is 0 Å². The molecular weight excluding hydrogens is 334 g/mol. The first kappa shape index (κ1) is 18.0. The van der Waals surface area contributed by atoms with Crippen molar-refractivity contribution < 1.29 is 39.5 Å². The Morgan fingerprint density at radius 2 is 2.20 bits per heavy atom. The lowest BCUT2D eigenvalue weighted by Crippen LogP contribution is -2.40. The SMILES string of the molecule is O=Cc1c2c(cn1CCCC(=O)O)[C@H]1O[C@@](CO)(C2)O[C@@H]1[C@H](O)CO. The Balaban J connectivity index is 1.94. The molecule has 2 aliphatic rings. The summed E-state index contributed by atoms with van der Waals surface area (Å²) >= 11 is 0. The molecule has 0 aliphatic carbocycles. The van der Waals surface area contributed by atoms with Gasteiger partial charge < -0.3 is 34.5 Å². The molecule has 1 aromatic rings. The van der Waals surface area contributed by atoms with Gasteiger partial charge in [0, 0.05) is 31.1 Å². The second kappa shape index (κ2) is 6.85. The van der Waals surface area contributed by atoms with E-state index >= 15 is 0 Å². The van der Waals surface area contributed by atoms with Gasteiger partial charge in [0.15, 0.2) is 12.1 Å². The molecule has 1 saturated heterocycles. The van der Waals surface area contributed by atoms with Crippen LogP contribution in [-0.2, 0) is 27.2 Å². The number of fused-ring (bicyclic) bond motifs is 4. The molecule has 4 atom stereocenters. The number of aliphatic hydroxyl groups excluding tert-OH is 3. The number of carbonyl (C=O) groups is 2. The summed E-state index contributed by atoms with van der Waals surface area (Å²) in [6.45, 7) is -0.637. The van der Waals surface area contributed by atoms with E-state index < -0.39 is 43.3 Å². The lowest BCUT2D eigenvalue weighted by molar-refractivity contribution is -0.208. The molecule has 0 amide bonds. The van der Waals surface area contributed by atoms with Crippen LogP contribution >= 0.6 is 0 Å². The minimum absolute atomic E-state index is 0.0172. The second-order valence-corrected chi connectivity index (χ2v) is 6.37. The maximum atomic E-state index is 11.6. The number of carboxylic acids is 1. The number of rotatable bonds is 8. The Morgan fingerprint density at radius 3 is 2.80 bits per heavy atom. The third-order valence-corrected chi connectivity index (χ3v) is 4.71. The first-order valence-electron chi connectivity index (χ1n) is 8.09. The topological polar surface area (TPSA) is 138 Å². The van der Waals surface area contributed by atoms with E-state index in [2.05, 4.69) is 0 Å². The normalized spacial score (nSPS) is 28.6. The number of aliphatic carboxylic acids is 1. The van der Waals surface area contributed by atoms with Gasteiger partial charge in [-0.3, -0.25) is 9.59 Å². The number of hydrogen-bond donors (Lipinski definition) is 4. The molecular formula is C16H21NO8. The zero-order valence-electron chi connectivity index (χ0n) is 13.5. The van der Waals surface area contributed by atoms with Gasteiger partial charge in [-0.15, -0.1) is 0 Å². The Morgan fingerprint density at radius 1 is 1.44 bits per heavy atom. The summed E-state index contributed by atoms with van der Waals surface area (Å²) in [5.41, 5.74) is 1.69. The van der Waals surface area contributed by atoms with Gasteiger partial charge in [-0.1, -0.05) is 0 Å². The summed E-state index contributed by atoms with van der Waals surface area (Å²) in [6.07, 6.45) is 0.0656. The molecule has 9 nitrogen and oxygen atoms in total. The first-order chi connectivity index (χ1) is 11.9. The number of carbonyl (C=O) groups excluding carboxylic acids is 1. The lowest BCUT2D eigenvalue weighted by atomic mass is 9.94. The van der Waals surface area contributed by atoms with Crippen LogP contribution in [0, 0.1) is 0 Å². The molecule has 3 rings (SSSR count). The van der Waals surface area contributed by atoms with Crippen molar-refractivity contribution in [2.75, 3.05) is 13.2 Å². The van der Waals surface area contributed by atoms with E-state index in [4.69, 9.17) is 14.6 Å². The van der Waals surface area contributed by atoms with Crippen molar-refractivity contribution in [2.45, 2.75) is 49.9 Å². The largest absolute Gasteiger partial charge is 0.481 e. The van der Waals surface area contributed by atoms with Gasteiger partial charge in [0.1, 0.15) is 18.3 Å². The third kappa shape index (κ3) is 3.09. The van der Waals surface area contributed by atoms with Gasteiger partial charge in [-0.05, 0) is 12.0 Å². The van der Waals surface area contributed by atoms with Gasteiger partial charge in [0.2, 0.25) is 0 Å². The van der Waals surface area contributed by atoms with Crippen molar-refractivity contribution in [3.05, 3.63) is 23.0 Å². The molecule has 0 aromatic carbocycles. The van der Waals surface area contributed by atoms with E-state index in [1.165, 1.54) is 0 Å². The number of aliphatic hydroxyl groups is 3. The zero-order valence-corrected chi connectivity index (χ0v) is 13.5. The molecule has 25 heavy (non-hydrogen) atoms. The summed E-state index contributed by atoms with van der Waals surface area (Å²) in [7, 11) is 0. The average molecular weight is 355 g/mol. The highest BCUT2D eigenvalue weighted by atomic mass is 16.8. The van der Waals surface area contributed by atoms with Gasteiger partial charge in [-0.2, -0.15) is 0 Å². The molecule has 1 aromatic heterocycles. The van der Waals surface area contributed by atoms with E-state index in [-0.39, 0.29) is 12.8 Å². The van der Waals surface area contributed by atoms with E-state index in [1.54, 1.807) is 10.8 Å². The first-order valence-corrected chi connectivity index (χ1v) is 8.09. The Kier molecular flexibility index (Phi) is 4.94. The minimum atomic E-state index is -1.36. The summed E-state index contributed by atoms with van der Waals surface area (Å²) in [5, 5.41) is 37.7. The Labute approximate surface area is 143 Å². The van der Waals surface area contributed by atoms with Gasteiger partial charge in [-0.25, -0.2) is 0 Å². The number of hydrogen-bond acceptors (Lipinski definition) is 7. The van der Waals surface area contributed by atoms with Crippen LogP contribution in [0.25, 0.3) is 0 Å². The fraction of sp³-hybridized carbons (Fsp3) is 0.625. The van der Waals surface area contributed by atoms with E-state index in [0.29, 0.717) is 36.1 Å². The number of aryl methyl sites for hydroxylation is 1. The molecule has 0 unspecified atom stereocenters. The molecule has 1 fully saturated rings. The maximum absolute atomic E-state index is 11.6. The van der Waals surface area contributed by atoms with E-state index in [1.807, 2.05) is 0 Å². The van der Waals surface area contributed by atoms with Crippen LogP contribution in [0.5, 0.6) is 0 Å². The number of aromatic nitrogens is 1. The second-order valence-electron chi connectivity index (χ2n) is 6.37. The highest BCUT2D eigenvalue weighted by Gasteiger charge is 2.55. The van der Waals surface area contributed by atoms with Crippen molar-refractivity contribution in [1.29, 1.82) is 0 Å². The van der Waals surface area contributed by atoms with Crippen LogP contribution in [0.2, 0.25) is 0 Å². The average Bonchev–Trinajstić information content (AvgIpc) is 3.11. The summed E-state index contributed by atoms with van der Waals surface area (Å²) in [6, 6.07) is 0. The van der Waals surface area contributed by atoms with Gasteiger partial charge in [0.05, 0.1) is 18.9 Å². The molecule has 9 heteroatoms. The number of ether oxygens (including phenoxy) is 2. The van der Waals surface area contributed by atoms with Crippen LogP contribution in [0.1, 0.15) is 40.6 Å². The number of nitrogens with zero attached hydrogens (tertiary/aromatic N) is 1. The van der Waals surface area contributed by atoms with Crippen LogP contribution in [0.3, 0.4) is 0 Å². The zero-order chi connectivity index (χ0) is 18.2. The third-order valence-electron chi connectivity index (χ3n) is 4.71. The predicted octanol–water partition coefficient (Wildman–Crippen LogP) is -0.780. The van der Waals surface area contributed by atoms with Gasteiger partial charge >= 0.3 is 5.97 Å². The molecule has 4 N–H and O–H groups in total. The van der Waals surface area contributed by atoms with E-state index in [9.17, 15) is 24.9 Å². The fourth-order valence-corrected chi connectivity index (χ4v) is 3.54. The monoisotopic (exact) mass is 355 g/mol. The molecule has 2 bridgehead atoms. The lowest BCUT2D eigenvalue weighted by Gasteiger charge is -2.29. The highest BCUT2D eigenvalue weighted by Crippen LogP contribution is 2.48. The van der Waals surface area contributed by atoms with Crippen LogP contribution in [0.15, 0.2) is 6.20 Å². The smallest absolute Gasteiger partial charge is 0.303 e. The van der Waals surface area contributed by atoms with Crippen molar-refractivity contribution >= 4 is 12.3 Å². The summed E-state index contributed by atoms with van der Waals surface area (Å²) in [5.74, 6) is -2.27. The van der Waals surface area contributed by atoms with Gasteiger partial charge in [0.25, 0.3) is 0 Å². The molecule has 3 heterocycles. The molecule has 0 radical (unpaired) electrons. The minimum Gasteiger partial charge on any atom is -0.481 e. The van der Waals surface area contributed by atoms with Crippen LogP contribution in [-0.4, -0.2) is 68.5 Å². The van der Waals surface area contributed by atoms with Crippen molar-refractivity contribution in [2.24, 2.45) is 0 Å². The molecule has 0 spiro atoms. The van der Waals surface area contributed by atoms with E-state index in [0.717, 1.165) is 0 Å². The standard InChI is InChI=1S/C16H21NO8/c18-6-11-9-4-16(8-20)24-14(15(25-16)12(21)7-19)10(9)5-17(11)3-1-2-13(22)23/h5-6,12,14-15,19-21H,1-4,7-8H2,(H,22,23)/t12-,14-,15-,16+/m1/s1. The molecule has 138 valence electrons. The quantitative estimate of drug-likeness (QED) is 0.446. The molecule has 0 saturated carbocycles. The number of carboxylic acid groups (broad SMARTS) is 1. The van der Waals surface area contributed by atoms with Crippen LogP contribution < -0.4 is 0 Å². The van der Waals surface area contributed by atoms with Crippen molar-refractivity contribution in [1.82, 2.24) is 4.57 Å². The van der Waals surface area contributed by atoms with Crippen LogP contribution in [0.4, 0.5) is 0 Å².